The lowest BCUT2D eigenvalue weighted by molar-refractivity contribution is 0.548. The van der Waals surface area contributed by atoms with Gasteiger partial charge in [-0.25, -0.2) is 0 Å². The van der Waals surface area contributed by atoms with Crippen LogP contribution in [0.5, 0.6) is 0 Å². The second-order valence-corrected chi connectivity index (χ2v) is 5.48. The Morgan fingerprint density at radius 1 is 1.36 bits per heavy atom. The standard InChI is InChI=1S/C13H17I/c1-13(10-14)9-12(13)8-7-11-5-3-2-4-6-11/h2-6,12H,7-10H2,1H3/t12-,13+/m0/s1. The first kappa shape index (κ1) is 10.5. The van der Waals surface area contributed by atoms with E-state index in [0.29, 0.717) is 5.41 Å². The summed E-state index contributed by atoms with van der Waals surface area (Å²) in [5, 5.41) is 0. The van der Waals surface area contributed by atoms with Gasteiger partial charge in [-0.1, -0.05) is 59.8 Å². The molecule has 2 atom stereocenters. The molecule has 0 aromatic heterocycles. The molecule has 1 aromatic rings. The van der Waals surface area contributed by atoms with Crippen LogP contribution < -0.4 is 0 Å². The Morgan fingerprint density at radius 2 is 2.07 bits per heavy atom. The highest BCUT2D eigenvalue weighted by molar-refractivity contribution is 14.1. The molecule has 1 fully saturated rings. The molecule has 0 aliphatic heterocycles. The fourth-order valence-electron chi connectivity index (χ4n) is 2.10. The summed E-state index contributed by atoms with van der Waals surface area (Å²) < 4.78 is 1.32. The van der Waals surface area contributed by atoms with Gasteiger partial charge in [0.05, 0.1) is 0 Å². The van der Waals surface area contributed by atoms with Crippen LogP contribution in [0, 0.1) is 11.3 Å². The predicted octanol–water partition coefficient (Wildman–Crippen LogP) is 4.08. The lowest BCUT2D eigenvalue weighted by Crippen LogP contribution is -2.00. The highest BCUT2D eigenvalue weighted by atomic mass is 127. The molecule has 0 unspecified atom stereocenters. The van der Waals surface area contributed by atoms with Crippen LogP contribution in [0.3, 0.4) is 0 Å². The van der Waals surface area contributed by atoms with Crippen molar-refractivity contribution in [3.8, 4) is 0 Å². The molecule has 1 aliphatic carbocycles. The summed E-state index contributed by atoms with van der Waals surface area (Å²) in [6.45, 7) is 2.43. The first-order chi connectivity index (χ1) is 6.74. The van der Waals surface area contributed by atoms with Gasteiger partial charge < -0.3 is 0 Å². The third-order valence-electron chi connectivity index (χ3n) is 3.47. The third kappa shape index (κ3) is 2.30. The van der Waals surface area contributed by atoms with Crippen molar-refractivity contribution in [1.82, 2.24) is 0 Å². The van der Waals surface area contributed by atoms with E-state index in [-0.39, 0.29) is 0 Å². The third-order valence-corrected chi connectivity index (χ3v) is 5.21. The summed E-state index contributed by atoms with van der Waals surface area (Å²) in [5.74, 6) is 0.986. The molecular formula is C13H17I. The van der Waals surface area contributed by atoms with Gasteiger partial charge in [-0.2, -0.15) is 0 Å². The Balaban J connectivity index is 1.80. The predicted molar refractivity (Wildman–Crippen MR) is 69.9 cm³/mol. The van der Waals surface area contributed by atoms with Crippen LogP contribution in [0.2, 0.25) is 0 Å². The summed E-state index contributed by atoms with van der Waals surface area (Å²) in [7, 11) is 0. The SMILES string of the molecule is C[C@]1(CI)C[C@@H]1CCc1ccccc1. The number of halogens is 1. The van der Waals surface area contributed by atoms with E-state index in [0.717, 1.165) is 5.92 Å². The summed E-state index contributed by atoms with van der Waals surface area (Å²) in [6.07, 6.45) is 4.09. The summed E-state index contributed by atoms with van der Waals surface area (Å²) >= 11 is 2.53. The number of benzene rings is 1. The fourth-order valence-corrected chi connectivity index (χ4v) is 3.04. The molecule has 1 saturated carbocycles. The van der Waals surface area contributed by atoms with Gasteiger partial charge in [0.1, 0.15) is 0 Å². The molecule has 2 rings (SSSR count). The van der Waals surface area contributed by atoms with Gasteiger partial charge in [0.2, 0.25) is 0 Å². The van der Waals surface area contributed by atoms with E-state index in [9.17, 15) is 0 Å². The van der Waals surface area contributed by atoms with Crippen molar-refractivity contribution in [3.05, 3.63) is 35.9 Å². The average molecular weight is 300 g/mol. The monoisotopic (exact) mass is 300 g/mol. The van der Waals surface area contributed by atoms with Crippen LogP contribution in [0.25, 0.3) is 0 Å². The van der Waals surface area contributed by atoms with Crippen molar-refractivity contribution < 1.29 is 0 Å². The molecule has 0 amide bonds. The Kier molecular flexibility index (Phi) is 3.15. The van der Waals surface area contributed by atoms with Crippen molar-refractivity contribution in [2.24, 2.45) is 11.3 Å². The van der Waals surface area contributed by atoms with Crippen LogP contribution >= 0.6 is 22.6 Å². The van der Waals surface area contributed by atoms with Gasteiger partial charge >= 0.3 is 0 Å². The maximum Gasteiger partial charge on any atom is 0.00521 e. The first-order valence-electron chi connectivity index (χ1n) is 5.34. The van der Waals surface area contributed by atoms with Crippen LogP contribution in [0.1, 0.15) is 25.3 Å². The topological polar surface area (TPSA) is 0 Å². The minimum atomic E-state index is 0.676. The van der Waals surface area contributed by atoms with Gasteiger partial charge in [-0.3, -0.25) is 0 Å². The van der Waals surface area contributed by atoms with E-state index >= 15 is 0 Å². The second kappa shape index (κ2) is 4.21. The normalized spacial score (nSPS) is 30.3. The molecule has 1 aromatic carbocycles. The molecule has 0 spiro atoms. The zero-order chi connectivity index (χ0) is 10.0. The number of hydrogen-bond acceptors (Lipinski definition) is 0. The molecule has 1 heteroatoms. The molecule has 0 heterocycles. The minimum Gasteiger partial charge on any atom is -0.0858 e. The van der Waals surface area contributed by atoms with Gasteiger partial charge in [-0.15, -0.1) is 0 Å². The quantitative estimate of drug-likeness (QED) is 0.580. The van der Waals surface area contributed by atoms with Crippen molar-refractivity contribution in [2.45, 2.75) is 26.2 Å². The van der Waals surface area contributed by atoms with Crippen molar-refractivity contribution in [1.29, 1.82) is 0 Å². The zero-order valence-corrected chi connectivity index (χ0v) is 10.8. The van der Waals surface area contributed by atoms with Crippen molar-refractivity contribution in [3.63, 3.8) is 0 Å². The van der Waals surface area contributed by atoms with E-state index in [4.69, 9.17) is 0 Å². The van der Waals surface area contributed by atoms with E-state index in [1.165, 1.54) is 29.3 Å². The molecule has 1 aliphatic rings. The molecule has 0 saturated heterocycles. The van der Waals surface area contributed by atoms with Crippen molar-refractivity contribution in [2.75, 3.05) is 4.43 Å². The van der Waals surface area contributed by atoms with Crippen LogP contribution in [0.15, 0.2) is 30.3 Å². The summed E-state index contributed by atoms with van der Waals surface area (Å²) in [4.78, 5) is 0. The van der Waals surface area contributed by atoms with Crippen LogP contribution in [-0.4, -0.2) is 4.43 Å². The summed E-state index contributed by atoms with van der Waals surface area (Å²) in [5.41, 5.74) is 2.17. The van der Waals surface area contributed by atoms with Crippen molar-refractivity contribution >= 4 is 22.6 Å². The second-order valence-electron chi connectivity index (χ2n) is 4.71. The zero-order valence-electron chi connectivity index (χ0n) is 8.67. The van der Waals surface area contributed by atoms with Gasteiger partial charge in [0, 0.05) is 4.43 Å². The number of hydrogen-bond donors (Lipinski definition) is 0. The molecule has 0 bridgehead atoms. The maximum absolute atomic E-state index is 2.53. The van der Waals surface area contributed by atoms with Gasteiger partial charge in [0.25, 0.3) is 0 Å². The molecular weight excluding hydrogens is 283 g/mol. The molecule has 0 N–H and O–H groups in total. The number of aryl methyl sites for hydroxylation is 1. The van der Waals surface area contributed by atoms with E-state index in [2.05, 4.69) is 59.8 Å². The summed E-state index contributed by atoms with van der Waals surface area (Å²) in [6, 6.07) is 10.8. The van der Waals surface area contributed by atoms with E-state index in [1.54, 1.807) is 0 Å². The Bertz CT molecular complexity index is 293. The highest BCUT2D eigenvalue weighted by Gasteiger charge is 2.47. The Labute approximate surface area is 100 Å². The average Bonchev–Trinajstić information content (AvgIpc) is 2.90. The van der Waals surface area contributed by atoms with Gasteiger partial charge in [0.15, 0.2) is 0 Å². The van der Waals surface area contributed by atoms with Crippen LogP contribution in [0.4, 0.5) is 0 Å². The molecule has 14 heavy (non-hydrogen) atoms. The van der Waals surface area contributed by atoms with E-state index < -0.39 is 0 Å². The molecule has 0 radical (unpaired) electrons. The lowest BCUT2D eigenvalue weighted by atomic mass is 10.0. The highest BCUT2D eigenvalue weighted by Crippen LogP contribution is 2.55. The Hall–Kier alpha value is -0.0500. The van der Waals surface area contributed by atoms with Gasteiger partial charge in [-0.05, 0) is 36.2 Å². The van der Waals surface area contributed by atoms with Crippen LogP contribution in [-0.2, 0) is 6.42 Å². The largest absolute Gasteiger partial charge is 0.0858 e. The smallest absolute Gasteiger partial charge is 0.00521 e. The molecule has 76 valence electrons. The molecule has 0 nitrogen and oxygen atoms in total. The Morgan fingerprint density at radius 3 is 2.64 bits per heavy atom. The first-order valence-corrected chi connectivity index (χ1v) is 6.87. The fraction of sp³-hybridized carbons (Fsp3) is 0.538. The lowest BCUT2D eigenvalue weighted by Gasteiger charge is -2.06. The van der Waals surface area contributed by atoms with E-state index in [1.807, 2.05) is 0 Å². The number of rotatable bonds is 4. The number of alkyl halides is 1. The minimum absolute atomic E-state index is 0.676. The maximum atomic E-state index is 2.53.